The van der Waals surface area contributed by atoms with Gasteiger partial charge in [0.15, 0.2) is 0 Å². The molecule has 21 heavy (non-hydrogen) atoms. The molecule has 1 aliphatic rings. The van der Waals surface area contributed by atoms with Crippen LogP contribution in [0.3, 0.4) is 0 Å². The van der Waals surface area contributed by atoms with Crippen LogP contribution in [0.1, 0.15) is 12.0 Å². The van der Waals surface area contributed by atoms with Gasteiger partial charge >= 0.3 is 0 Å². The molecule has 112 valence electrons. The molecule has 0 amide bonds. The predicted octanol–water partition coefficient (Wildman–Crippen LogP) is 1.28. The lowest BCUT2D eigenvalue weighted by Gasteiger charge is -2.13. The highest BCUT2D eigenvalue weighted by Crippen LogP contribution is 2.17. The lowest BCUT2D eigenvalue weighted by atomic mass is 10.1. The van der Waals surface area contributed by atoms with E-state index >= 15 is 0 Å². The molecule has 2 aromatic rings. The molecular weight excluding hydrogens is 266 g/mol. The van der Waals surface area contributed by atoms with E-state index < -0.39 is 0 Å². The van der Waals surface area contributed by atoms with Crippen molar-refractivity contribution in [2.24, 2.45) is 13.0 Å². The molecule has 3 N–H and O–H groups in total. The summed E-state index contributed by atoms with van der Waals surface area (Å²) in [5.41, 5.74) is 1.94. The van der Waals surface area contributed by atoms with Crippen LogP contribution in [0.25, 0.3) is 0 Å². The second kappa shape index (κ2) is 6.09. The lowest BCUT2D eigenvalue weighted by molar-refractivity contribution is 0.614. The van der Waals surface area contributed by atoms with Gasteiger partial charge in [-0.25, -0.2) is 4.98 Å². The maximum Gasteiger partial charge on any atom is 0.229 e. The summed E-state index contributed by atoms with van der Waals surface area (Å²) in [4.78, 5) is 8.86. The van der Waals surface area contributed by atoms with Gasteiger partial charge in [-0.1, -0.05) is 0 Å². The highest BCUT2D eigenvalue weighted by atomic mass is 15.3. The summed E-state index contributed by atoms with van der Waals surface area (Å²) in [6.07, 6.45) is 6.69. The second-order valence-corrected chi connectivity index (χ2v) is 5.49. The van der Waals surface area contributed by atoms with Crippen molar-refractivity contribution in [2.45, 2.75) is 13.3 Å². The van der Waals surface area contributed by atoms with Crippen LogP contribution in [0.2, 0.25) is 0 Å². The molecule has 0 saturated carbocycles. The largest absolute Gasteiger partial charge is 0.369 e. The zero-order chi connectivity index (χ0) is 14.7. The molecule has 1 saturated heterocycles. The first kappa shape index (κ1) is 13.8. The van der Waals surface area contributed by atoms with Gasteiger partial charge in [-0.05, 0) is 32.4 Å². The van der Waals surface area contributed by atoms with Gasteiger partial charge in [0.25, 0.3) is 0 Å². The summed E-state index contributed by atoms with van der Waals surface area (Å²) in [6, 6.07) is 0. The molecule has 1 aliphatic heterocycles. The third kappa shape index (κ3) is 3.49. The highest BCUT2D eigenvalue weighted by Gasteiger charge is 2.14. The molecule has 0 aliphatic carbocycles. The molecular formula is C14H21N7. The Morgan fingerprint density at radius 2 is 2.33 bits per heavy atom. The fraction of sp³-hybridized carbons (Fsp3) is 0.500. The Hall–Kier alpha value is -2.15. The summed E-state index contributed by atoms with van der Waals surface area (Å²) in [7, 11) is 1.88. The van der Waals surface area contributed by atoms with E-state index in [1.807, 2.05) is 26.4 Å². The van der Waals surface area contributed by atoms with Gasteiger partial charge < -0.3 is 16.0 Å². The van der Waals surface area contributed by atoms with Crippen LogP contribution in [-0.4, -0.2) is 39.4 Å². The van der Waals surface area contributed by atoms with Crippen LogP contribution in [-0.2, 0) is 7.05 Å². The maximum absolute atomic E-state index is 4.55. The van der Waals surface area contributed by atoms with Crippen LogP contribution in [0.5, 0.6) is 0 Å². The SMILES string of the molecule is Cc1cnc(Nc2cnn(C)c2)nc1NC[C@@H]1CCNC1. The van der Waals surface area contributed by atoms with Gasteiger partial charge in [0.05, 0.1) is 11.9 Å². The zero-order valence-corrected chi connectivity index (χ0v) is 12.4. The maximum atomic E-state index is 4.55. The fourth-order valence-electron chi connectivity index (χ4n) is 2.43. The topological polar surface area (TPSA) is 79.7 Å². The second-order valence-electron chi connectivity index (χ2n) is 5.49. The number of nitrogens with one attached hydrogen (secondary N) is 3. The molecule has 0 radical (unpaired) electrons. The highest BCUT2D eigenvalue weighted by molar-refractivity contribution is 5.54. The first-order chi connectivity index (χ1) is 10.2. The number of aryl methyl sites for hydroxylation is 2. The number of hydrogen-bond donors (Lipinski definition) is 3. The molecule has 7 heteroatoms. The number of hydrogen-bond acceptors (Lipinski definition) is 6. The minimum atomic E-state index is 0.584. The van der Waals surface area contributed by atoms with Gasteiger partial charge in [-0.3, -0.25) is 4.68 Å². The van der Waals surface area contributed by atoms with E-state index in [0.717, 1.165) is 36.7 Å². The molecule has 1 fully saturated rings. The standard InChI is InChI=1S/C14H21N7/c1-10-5-17-14(19-12-8-18-21(2)9-12)20-13(10)16-7-11-3-4-15-6-11/h5,8-9,11,15H,3-4,6-7H2,1-2H3,(H2,16,17,19,20)/t11-/m1/s1. The number of nitrogens with zero attached hydrogens (tertiary/aromatic N) is 4. The van der Waals surface area contributed by atoms with Crippen molar-refractivity contribution >= 4 is 17.5 Å². The zero-order valence-electron chi connectivity index (χ0n) is 12.4. The average molecular weight is 287 g/mol. The van der Waals surface area contributed by atoms with Crippen LogP contribution >= 0.6 is 0 Å². The Bertz CT molecular complexity index is 601. The molecule has 3 rings (SSSR count). The molecule has 1 atom stereocenters. The lowest BCUT2D eigenvalue weighted by Crippen LogP contribution is -2.18. The summed E-state index contributed by atoms with van der Waals surface area (Å²) in [5, 5.41) is 14.1. The Kier molecular flexibility index (Phi) is 4.01. The first-order valence-electron chi connectivity index (χ1n) is 7.24. The van der Waals surface area contributed by atoms with Gasteiger partial charge in [0.2, 0.25) is 5.95 Å². The fourth-order valence-corrected chi connectivity index (χ4v) is 2.43. The van der Waals surface area contributed by atoms with E-state index in [-0.39, 0.29) is 0 Å². The summed E-state index contributed by atoms with van der Waals surface area (Å²) in [6.45, 7) is 5.15. The van der Waals surface area contributed by atoms with Crippen molar-refractivity contribution in [1.29, 1.82) is 0 Å². The smallest absolute Gasteiger partial charge is 0.229 e. The third-order valence-corrected chi connectivity index (χ3v) is 3.65. The molecule has 0 spiro atoms. The van der Waals surface area contributed by atoms with Crippen LogP contribution < -0.4 is 16.0 Å². The average Bonchev–Trinajstić information content (AvgIpc) is 3.11. The van der Waals surface area contributed by atoms with E-state index in [9.17, 15) is 0 Å². The third-order valence-electron chi connectivity index (χ3n) is 3.65. The van der Waals surface area contributed by atoms with E-state index in [1.165, 1.54) is 6.42 Å². The van der Waals surface area contributed by atoms with Crippen molar-refractivity contribution in [3.63, 3.8) is 0 Å². The molecule has 0 unspecified atom stereocenters. The van der Waals surface area contributed by atoms with Crippen molar-refractivity contribution in [1.82, 2.24) is 25.1 Å². The summed E-state index contributed by atoms with van der Waals surface area (Å²) in [5.74, 6) is 2.15. The van der Waals surface area contributed by atoms with Crippen molar-refractivity contribution in [3.05, 3.63) is 24.2 Å². The van der Waals surface area contributed by atoms with E-state index in [2.05, 4.69) is 31.0 Å². The Labute approximate surface area is 124 Å². The van der Waals surface area contributed by atoms with Crippen molar-refractivity contribution in [3.8, 4) is 0 Å². The molecule has 3 heterocycles. The molecule has 7 nitrogen and oxygen atoms in total. The molecule has 0 aromatic carbocycles. The Morgan fingerprint density at radius 1 is 1.43 bits per heavy atom. The summed E-state index contributed by atoms with van der Waals surface area (Å²) >= 11 is 0. The van der Waals surface area contributed by atoms with Gasteiger partial charge in [0.1, 0.15) is 5.82 Å². The normalized spacial score (nSPS) is 17.9. The summed E-state index contributed by atoms with van der Waals surface area (Å²) < 4.78 is 1.74. The monoisotopic (exact) mass is 287 g/mol. The van der Waals surface area contributed by atoms with Crippen LogP contribution in [0.15, 0.2) is 18.6 Å². The minimum Gasteiger partial charge on any atom is -0.369 e. The van der Waals surface area contributed by atoms with Crippen LogP contribution in [0.4, 0.5) is 17.5 Å². The Morgan fingerprint density at radius 3 is 3.05 bits per heavy atom. The quantitative estimate of drug-likeness (QED) is 0.769. The van der Waals surface area contributed by atoms with Gasteiger partial charge in [0, 0.05) is 31.5 Å². The van der Waals surface area contributed by atoms with Gasteiger partial charge in [-0.2, -0.15) is 10.1 Å². The van der Waals surface area contributed by atoms with E-state index in [1.54, 1.807) is 10.9 Å². The number of aromatic nitrogens is 4. The first-order valence-corrected chi connectivity index (χ1v) is 7.24. The number of rotatable bonds is 5. The van der Waals surface area contributed by atoms with E-state index in [4.69, 9.17) is 0 Å². The van der Waals surface area contributed by atoms with Crippen molar-refractivity contribution < 1.29 is 0 Å². The predicted molar refractivity (Wildman–Crippen MR) is 82.7 cm³/mol. The Balaban J connectivity index is 1.66. The minimum absolute atomic E-state index is 0.584. The molecule has 2 aromatic heterocycles. The number of anilines is 3. The van der Waals surface area contributed by atoms with Crippen molar-refractivity contribution in [2.75, 3.05) is 30.3 Å². The van der Waals surface area contributed by atoms with Gasteiger partial charge in [-0.15, -0.1) is 0 Å². The molecule has 0 bridgehead atoms. The van der Waals surface area contributed by atoms with Crippen LogP contribution in [0, 0.1) is 12.8 Å². The van der Waals surface area contributed by atoms with E-state index in [0.29, 0.717) is 11.9 Å².